The number of benzene rings is 1. The third-order valence-corrected chi connectivity index (χ3v) is 3.47. The van der Waals surface area contributed by atoms with Crippen LogP contribution in [0.2, 0.25) is 0 Å². The SMILES string of the molecule is c1ccc(SCCCc2ccncc2)cc1. The summed E-state index contributed by atoms with van der Waals surface area (Å²) < 4.78 is 0. The Hall–Kier alpha value is -1.28. The van der Waals surface area contributed by atoms with Gasteiger partial charge in [0, 0.05) is 17.3 Å². The van der Waals surface area contributed by atoms with Crippen molar-refractivity contribution in [1.29, 1.82) is 0 Å². The molecule has 0 saturated carbocycles. The number of rotatable bonds is 5. The first kappa shape index (κ1) is 11.2. The van der Waals surface area contributed by atoms with Gasteiger partial charge >= 0.3 is 0 Å². The molecule has 0 saturated heterocycles. The van der Waals surface area contributed by atoms with Gasteiger partial charge in [0.2, 0.25) is 0 Å². The average molecular weight is 229 g/mol. The predicted molar refractivity (Wildman–Crippen MR) is 69.7 cm³/mol. The Morgan fingerprint density at radius 1 is 0.938 bits per heavy atom. The Balaban J connectivity index is 1.70. The van der Waals surface area contributed by atoms with Crippen LogP contribution in [-0.4, -0.2) is 10.7 Å². The van der Waals surface area contributed by atoms with Crippen molar-refractivity contribution in [3.63, 3.8) is 0 Å². The van der Waals surface area contributed by atoms with Crippen LogP contribution in [0.5, 0.6) is 0 Å². The van der Waals surface area contributed by atoms with Crippen LogP contribution in [0.4, 0.5) is 0 Å². The van der Waals surface area contributed by atoms with Gasteiger partial charge in [0.05, 0.1) is 0 Å². The zero-order chi connectivity index (χ0) is 11.1. The van der Waals surface area contributed by atoms with E-state index < -0.39 is 0 Å². The van der Waals surface area contributed by atoms with Gasteiger partial charge in [-0.1, -0.05) is 18.2 Å². The maximum absolute atomic E-state index is 4.02. The lowest BCUT2D eigenvalue weighted by atomic mass is 10.2. The van der Waals surface area contributed by atoms with Gasteiger partial charge in [0.15, 0.2) is 0 Å². The molecule has 0 aliphatic carbocycles. The molecule has 1 nitrogen and oxygen atoms in total. The molecular weight excluding hydrogens is 214 g/mol. The molecule has 0 fully saturated rings. The summed E-state index contributed by atoms with van der Waals surface area (Å²) in [7, 11) is 0. The highest BCUT2D eigenvalue weighted by molar-refractivity contribution is 7.99. The van der Waals surface area contributed by atoms with Crippen LogP contribution in [0, 0.1) is 0 Å². The van der Waals surface area contributed by atoms with Gasteiger partial charge < -0.3 is 0 Å². The molecule has 1 aromatic heterocycles. The van der Waals surface area contributed by atoms with Gasteiger partial charge in [-0.15, -0.1) is 11.8 Å². The average Bonchev–Trinajstić information content (AvgIpc) is 2.37. The standard InChI is InChI=1S/C14H15NS/c1-2-6-14(7-3-1)16-12-4-5-13-8-10-15-11-9-13/h1-3,6-11H,4-5,12H2. The van der Waals surface area contributed by atoms with Crippen LogP contribution in [0.3, 0.4) is 0 Å². The van der Waals surface area contributed by atoms with Gasteiger partial charge in [-0.3, -0.25) is 4.98 Å². The first-order valence-corrected chi connectivity index (χ1v) is 6.50. The lowest BCUT2D eigenvalue weighted by Crippen LogP contribution is -1.87. The number of pyridine rings is 1. The van der Waals surface area contributed by atoms with Crippen LogP contribution in [-0.2, 0) is 6.42 Å². The molecule has 0 amide bonds. The molecule has 1 heterocycles. The fraction of sp³-hybridized carbons (Fsp3) is 0.214. The molecule has 82 valence electrons. The van der Waals surface area contributed by atoms with Crippen LogP contribution >= 0.6 is 11.8 Å². The van der Waals surface area contributed by atoms with Crippen molar-refractivity contribution in [2.75, 3.05) is 5.75 Å². The number of aryl methyl sites for hydroxylation is 1. The van der Waals surface area contributed by atoms with Crippen molar-refractivity contribution in [3.05, 3.63) is 60.4 Å². The second-order valence-electron chi connectivity index (χ2n) is 3.62. The number of hydrogen-bond acceptors (Lipinski definition) is 2. The molecule has 0 N–H and O–H groups in total. The fourth-order valence-corrected chi connectivity index (χ4v) is 2.41. The first-order valence-electron chi connectivity index (χ1n) is 5.52. The van der Waals surface area contributed by atoms with E-state index in [1.807, 2.05) is 24.2 Å². The zero-order valence-electron chi connectivity index (χ0n) is 9.17. The fourth-order valence-electron chi connectivity index (χ4n) is 1.53. The molecule has 2 aromatic rings. The third-order valence-electron chi connectivity index (χ3n) is 2.37. The van der Waals surface area contributed by atoms with E-state index in [9.17, 15) is 0 Å². The summed E-state index contributed by atoms with van der Waals surface area (Å²) in [6.07, 6.45) is 6.07. The molecule has 0 aliphatic rings. The van der Waals surface area contributed by atoms with Crippen LogP contribution in [0.1, 0.15) is 12.0 Å². The molecule has 0 unspecified atom stereocenters. The van der Waals surface area contributed by atoms with E-state index >= 15 is 0 Å². The third kappa shape index (κ3) is 3.70. The quantitative estimate of drug-likeness (QED) is 0.571. The molecule has 2 rings (SSSR count). The van der Waals surface area contributed by atoms with E-state index in [1.165, 1.54) is 22.6 Å². The second-order valence-corrected chi connectivity index (χ2v) is 4.79. The summed E-state index contributed by atoms with van der Waals surface area (Å²) in [4.78, 5) is 5.37. The Morgan fingerprint density at radius 2 is 1.69 bits per heavy atom. The summed E-state index contributed by atoms with van der Waals surface area (Å²) >= 11 is 1.92. The highest BCUT2D eigenvalue weighted by Gasteiger charge is 1.94. The number of hydrogen-bond donors (Lipinski definition) is 0. The minimum absolute atomic E-state index is 1.14. The molecule has 0 radical (unpaired) electrons. The number of thioether (sulfide) groups is 1. The molecule has 0 bridgehead atoms. The Morgan fingerprint density at radius 3 is 2.44 bits per heavy atom. The molecular formula is C14H15NS. The van der Waals surface area contributed by atoms with Gasteiger partial charge in [-0.05, 0) is 48.4 Å². The zero-order valence-corrected chi connectivity index (χ0v) is 9.99. The van der Waals surface area contributed by atoms with Gasteiger partial charge in [0.25, 0.3) is 0 Å². The minimum atomic E-state index is 1.14. The summed E-state index contributed by atoms with van der Waals surface area (Å²) in [5.74, 6) is 1.17. The second kappa shape index (κ2) is 6.33. The molecule has 2 heteroatoms. The largest absolute Gasteiger partial charge is 0.265 e. The minimum Gasteiger partial charge on any atom is -0.265 e. The van der Waals surface area contributed by atoms with E-state index in [0.717, 1.165) is 6.42 Å². The van der Waals surface area contributed by atoms with Crippen molar-refractivity contribution in [2.45, 2.75) is 17.7 Å². The van der Waals surface area contributed by atoms with Gasteiger partial charge in [-0.25, -0.2) is 0 Å². The maximum Gasteiger partial charge on any atom is 0.0270 e. The highest BCUT2D eigenvalue weighted by Crippen LogP contribution is 2.18. The number of aromatic nitrogens is 1. The van der Waals surface area contributed by atoms with E-state index in [-0.39, 0.29) is 0 Å². The van der Waals surface area contributed by atoms with Gasteiger partial charge in [-0.2, -0.15) is 0 Å². The molecule has 16 heavy (non-hydrogen) atoms. The van der Waals surface area contributed by atoms with Crippen molar-refractivity contribution in [2.24, 2.45) is 0 Å². The van der Waals surface area contributed by atoms with E-state index in [2.05, 4.69) is 47.4 Å². The Bertz CT molecular complexity index is 358. The summed E-state index contributed by atoms with van der Waals surface area (Å²) in [5.41, 5.74) is 1.38. The monoisotopic (exact) mass is 229 g/mol. The summed E-state index contributed by atoms with van der Waals surface area (Å²) in [6.45, 7) is 0. The van der Waals surface area contributed by atoms with E-state index in [4.69, 9.17) is 0 Å². The van der Waals surface area contributed by atoms with Crippen molar-refractivity contribution in [3.8, 4) is 0 Å². The van der Waals surface area contributed by atoms with Crippen molar-refractivity contribution >= 4 is 11.8 Å². The highest BCUT2D eigenvalue weighted by atomic mass is 32.2. The lowest BCUT2D eigenvalue weighted by Gasteiger charge is -2.01. The number of nitrogens with zero attached hydrogens (tertiary/aromatic N) is 1. The smallest absolute Gasteiger partial charge is 0.0270 e. The predicted octanol–water partition coefficient (Wildman–Crippen LogP) is 3.81. The molecule has 0 aliphatic heterocycles. The van der Waals surface area contributed by atoms with Crippen LogP contribution in [0.25, 0.3) is 0 Å². The van der Waals surface area contributed by atoms with E-state index in [0.29, 0.717) is 0 Å². The molecule has 0 atom stereocenters. The summed E-state index contributed by atoms with van der Waals surface area (Å²) in [5, 5.41) is 0. The first-order chi connectivity index (χ1) is 7.95. The van der Waals surface area contributed by atoms with Crippen LogP contribution in [0.15, 0.2) is 59.8 Å². The molecule has 0 spiro atoms. The summed E-state index contributed by atoms with van der Waals surface area (Å²) in [6, 6.07) is 14.7. The topological polar surface area (TPSA) is 12.9 Å². The van der Waals surface area contributed by atoms with Crippen molar-refractivity contribution in [1.82, 2.24) is 4.98 Å². The van der Waals surface area contributed by atoms with Crippen LogP contribution < -0.4 is 0 Å². The van der Waals surface area contributed by atoms with Gasteiger partial charge in [0.1, 0.15) is 0 Å². The molecule has 1 aromatic carbocycles. The Labute approximate surface area is 101 Å². The normalized spacial score (nSPS) is 10.2. The van der Waals surface area contributed by atoms with E-state index in [1.54, 1.807) is 0 Å². The lowest BCUT2D eigenvalue weighted by molar-refractivity contribution is 0.929. The van der Waals surface area contributed by atoms with Crippen molar-refractivity contribution < 1.29 is 0 Å². The Kier molecular flexibility index (Phi) is 4.44. The maximum atomic E-state index is 4.02.